The molecule has 0 atom stereocenters. The molecule has 0 aliphatic rings. The predicted octanol–water partition coefficient (Wildman–Crippen LogP) is 2.05. The van der Waals surface area contributed by atoms with Crippen molar-refractivity contribution >= 4 is 17.6 Å². The van der Waals surface area contributed by atoms with Crippen LogP contribution in [0.4, 0.5) is 5.69 Å². The number of carbonyl (C=O) groups excluding carboxylic acids is 2. The highest BCUT2D eigenvalue weighted by molar-refractivity contribution is 6.01. The molecule has 150 valence electrons. The highest BCUT2D eigenvalue weighted by atomic mass is 16.5. The van der Waals surface area contributed by atoms with E-state index in [1.807, 2.05) is 24.3 Å². The molecule has 0 fully saturated rings. The molecule has 3 aromatic rings. The molecule has 8 heteroatoms. The van der Waals surface area contributed by atoms with E-state index >= 15 is 0 Å². The first-order valence-electron chi connectivity index (χ1n) is 9.36. The Bertz CT molecular complexity index is 1030. The van der Waals surface area contributed by atoms with Crippen LogP contribution in [0.1, 0.15) is 30.3 Å². The van der Waals surface area contributed by atoms with Crippen LogP contribution < -0.4 is 15.6 Å². The third-order valence-corrected chi connectivity index (χ3v) is 4.24. The van der Waals surface area contributed by atoms with Gasteiger partial charge in [-0.1, -0.05) is 46.3 Å². The standard InChI is InChI=1S/C21H22N4O4/c1-16(26)29-15-9-8-14-24-19(20(27)22-17-10-4-2-5-11-17)21(28)25(23-24)18-12-6-3-7-13-18/h2-7,10-13H,8-9,14-15H2,1H3,(H-,22,23,27,28)/p+1. The Morgan fingerprint density at radius 3 is 2.34 bits per heavy atom. The minimum Gasteiger partial charge on any atom is -0.466 e. The van der Waals surface area contributed by atoms with E-state index in [-0.39, 0.29) is 11.7 Å². The number of para-hydroxylation sites is 2. The van der Waals surface area contributed by atoms with Gasteiger partial charge in [-0.05, 0) is 37.1 Å². The van der Waals surface area contributed by atoms with E-state index in [1.165, 1.54) is 16.3 Å². The zero-order chi connectivity index (χ0) is 20.6. The fourth-order valence-electron chi connectivity index (χ4n) is 2.87. The summed E-state index contributed by atoms with van der Waals surface area (Å²) in [6.07, 6.45) is 1.24. The van der Waals surface area contributed by atoms with Crippen molar-refractivity contribution in [3.05, 3.63) is 76.7 Å². The molecule has 0 saturated carbocycles. The minimum absolute atomic E-state index is 0.00481. The maximum Gasteiger partial charge on any atom is 0.411 e. The third-order valence-electron chi connectivity index (χ3n) is 4.24. The summed E-state index contributed by atoms with van der Waals surface area (Å²) in [5, 5.41) is 5.74. The van der Waals surface area contributed by atoms with Gasteiger partial charge in [-0.3, -0.25) is 9.59 Å². The molecule has 2 aromatic carbocycles. The lowest BCUT2D eigenvalue weighted by Gasteiger charge is -2.03. The van der Waals surface area contributed by atoms with E-state index in [4.69, 9.17) is 4.74 Å². The molecule has 1 aromatic heterocycles. The zero-order valence-electron chi connectivity index (χ0n) is 16.1. The van der Waals surface area contributed by atoms with Gasteiger partial charge >= 0.3 is 23.1 Å². The number of nitrogens with zero attached hydrogens (tertiary/aromatic N) is 2. The van der Waals surface area contributed by atoms with Gasteiger partial charge in [0.1, 0.15) is 6.54 Å². The summed E-state index contributed by atoms with van der Waals surface area (Å²) < 4.78 is 7.80. The molecule has 0 bridgehead atoms. The van der Waals surface area contributed by atoms with Crippen molar-refractivity contribution in [2.45, 2.75) is 26.3 Å². The van der Waals surface area contributed by atoms with Gasteiger partial charge in [0.05, 0.1) is 6.61 Å². The third kappa shape index (κ3) is 5.19. The quantitative estimate of drug-likeness (QED) is 0.347. The van der Waals surface area contributed by atoms with Gasteiger partial charge in [0.25, 0.3) is 0 Å². The lowest BCUT2D eigenvalue weighted by atomic mass is 10.3. The Balaban J connectivity index is 1.85. The van der Waals surface area contributed by atoms with Crippen LogP contribution >= 0.6 is 0 Å². The Morgan fingerprint density at radius 1 is 1.03 bits per heavy atom. The molecule has 8 nitrogen and oxygen atoms in total. The molecule has 0 aliphatic carbocycles. The van der Waals surface area contributed by atoms with Gasteiger partial charge in [0.2, 0.25) is 0 Å². The second kappa shape index (κ2) is 9.50. The SMILES string of the molecule is CC(=O)OCCCC[n+]1[nH]n(-c2ccccc2)c(=O)c1C(=O)Nc1ccccc1. The topological polar surface area (TPSA) is 97.1 Å². The number of benzene rings is 2. The number of aromatic nitrogens is 3. The van der Waals surface area contributed by atoms with E-state index in [1.54, 1.807) is 36.4 Å². The first kappa shape index (κ1) is 20.1. The van der Waals surface area contributed by atoms with Gasteiger partial charge in [0.15, 0.2) is 5.69 Å². The number of H-pyrrole nitrogens is 1. The molecule has 0 saturated heterocycles. The highest BCUT2D eigenvalue weighted by Crippen LogP contribution is 2.07. The summed E-state index contributed by atoms with van der Waals surface area (Å²) in [5.41, 5.74) is 0.797. The number of nitrogens with one attached hydrogen (secondary N) is 2. The smallest absolute Gasteiger partial charge is 0.411 e. The number of esters is 1. The number of aryl methyl sites for hydroxylation is 1. The van der Waals surface area contributed by atoms with Crippen LogP contribution in [0, 0.1) is 0 Å². The summed E-state index contributed by atoms with van der Waals surface area (Å²) >= 11 is 0. The van der Waals surface area contributed by atoms with Crippen molar-refractivity contribution in [2.24, 2.45) is 0 Å². The number of ether oxygens (including phenoxy) is 1. The lowest BCUT2D eigenvalue weighted by Crippen LogP contribution is -2.45. The first-order valence-corrected chi connectivity index (χ1v) is 9.36. The van der Waals surface area contributed by atoms with Crippen molar-refractivity contribution < 1.29 is 19.0 Å². The van der Waals surface area contributed by atoms with E-state index in [2.05, 4.69) is 10.5 Å². The second-order valence-corrected chi connectivity index (χ2v) is 6.44. The number of rotatable bonds is 8. The zero-order valence-corrected chi connectivity index (χ0v) is 16.1. The molecule has 0 spiro atoms. The summed E-state index contributed by atoms with van der Waals surface area (Å²) in [5.74, 6) is -0.823. The summed E-state index contributed by atoms with van der Waals surface area (Å²) in [6.45, 7) is 2.05. The number of carbonyl (C=O) groups is 2. The van der Waals surface area contributed by atoms with Crippen molar-refractivity contribution in [1.82, 2.24) is 9.90 Å². The fraction of sp³-hybridized carbons (Fsp3) is 0.238. The van der Waals surface area contributed by atoms with Gasteiger partial charge in [-0.15, -0.1) is 4.68 Å². The molecule has 0 unspecified atom stereocenters. The van der Waals surface area contributed by atoms with E-state index < -0.39 is 11.5 Å². The first-order chi connectivity index (χ1) is 14.1. The Morgan fingerprint density at radius 2 is 1.69 bits per heavy atom. The Hall–Kier alpha value is -3.68. The molecule has 29 heavy (non-hydrogen) atoms. The molecule has 3 rings (SSSR count). The normalized spacial score (nSPS) is 10.5. The van der Waals surface area contributed by atoms with Crippen LogP contribution in [0.3, 0.4) is 0 Å². The monoisotopic (exact) mass is 395 g/mol. The van der Waals surface area contributed by atoms with Crippen molar-refractivity contribution in [1.29, 1.82) is 0 Å². The maximum absolute atomic E-state index is 13.0. The van der Waals surface area contributed by atoms with Crippen LogP contribution in [0.15, 0.2) is 65.5 Å². The molecular weight excluding hydrogens is 372 g/mol. The Labute approximate surface area is 167 Å². The maximum atomic E-state index is 13.0. The highest BCUT2D eigenvalue weighted by Gasteiger charge is 2.29. The molecule has 1 amide bonds. The van der Waals surface area contributed by atoms with Crippen molar-refractivity contribution in [2.75, 3.05) is 11.9 Å². The molecule has 0 aliphatic heterocycles. The second-order valence-electron chi connectivity index (χ2n) is 6.44. The summed E-state index contributed by atoms with van der Waals surface area (Å²) in [4.78, 5) is 36.7. The fourth-order valence-corrected chi connectivity index (χ4v) is 2.87. The average Bonchev–Trinajstić information content (AvgIpc) is 3.05. The molecule has 2 N–H and O–H groups in total. The van der Waals surface area contributed by atoms with Crippen LogP contribution in [0.2, 0.25) is 0 Å². The summed E-state index contributed by atoms with van der Waals surface area (Å²) in [7, 11) is 0. The predicted molar refractivity (Wildman–Crippen MR) is 107 cm³/mol. The van der Waals surface area contributed by atoms with Gasteiger partial charge in [-0.25, -0.2) is 4.79 Å². The summed E-state index contributed by atoms with van der Waals surface area (Å²) in [6, 6.07) is 18.0. The van der Waals surface area contributed by atoms with Gasteiger partial charge in [-0.2, -0.15) is 0 Å². The van der Waals surface area contributed by atoms with E-state index in [9.17, 15) is 14.4 Å². The van der Waals surface area contributed by atoms with Crippen molar-refractivity contribution in [3.63, 3.8) is 0 Å². The minimum atomic E-state index is -0.493. The lowest BCUT2D eigenvalue weighted by molar-refractivity contribution is -0.756. The largest absolute Gasteiger partial charge is 0.466 e. The molecule has 1 heterocycles. The van der Waals surface area contributed by atoms with Gasteiger partial charge < -0.3 is 10.1 Å². The van der Waals surface area contributed by atoms with Crippen LogP contribution in [-0.4, -0.2) is 28.4 Å². The van der Waals surface area contributed by atoms with Crippen LogP contribution in [0.5, 0.6) is 0 Å². The number of amides is 1. The van der Waals surface area contributed by atoms with Crippen LogP contribution in [-0.2, 0) is 16.1 Å². The van der Waals surface area contributed by atoms with Crippen molar-refractivity contribution in [3.8, 4) is 5.69 Å². The van der Waals surface area contributed by atoms with Crippen LogP contribution in [0.25, 0.3) is 5.69 Å². The molecular formula is C21H23N4O4+. The number of aromatic amines is 1. The number of hydrogen-bond donors (Lipinski definition) is 2. The number of anilines is 1. The number of unbranched alkanes of at least 4 members (excludes halogenated alkanes) is 1. The number of hydrogen-bond acceptors (Lipinski definition) is 4. The Kier molecular flexibility index (Phi) is 6.57. The van der Waals surface area contributed by atoms with E-state index in [0.29, 0.717) is 37.4 Å². The van der Waals surface area contributed by atoms with E-state index in [0.717, 1.165) is 0 Å². The van der Waals surface area contributed by atoms with Gasteiger partial charge in [0, 0.05) is 12.6 Å². The molecule has 0 radical (unpaired) electrons. The average molecular weight is 395 g/mol.